The minimum absolute atomic E-state index is 0.112. The molecule has 2 saturated carbocycles. The van der Waals surface area contributed by atoms with Crippen molar-refractivity contribution in [1.29, 1.82) is 0 Å². The van der Waals surface area contributed by atoms with Crippen LogP contribution in [0.15, 0.2) is 24.3 Å². The first-order valence-corrected chi connectivity index (χ1v) is 12.4. The van der Waals surface area contributed by atoms with Gasteiger partial charge in [-0.25, -0.2) is 9.59 Å². The van der Waals surface area contributed by atoms with Crippen LogP contribution in [0.4, 0.5) is 9.59 Å². The molecule has 8 nitrogen and oxygen atoms in total. The van der Waals surface area contributed by atoms with Crippen LogP contribution in [0, 0.1) is 0 Å². The first-order valence-electron chi connectivity index (χ1n) is 12.4. The quantitative estimate of drug-likeness (QED) is 0.224. The molecular weight excluding hydrogens is 440 g/mol. The van der Waals surface area contributed by atoms with Crippen LogP contribution in [0.3, 0.4) is 0 Å². The van der Waals surface area contributed by atoms with Crippen molar-refractivity contribution in [3.05, 3.63) is 35.4 Å². The summed E-state index contributed by atoms with van der Waals surface area (Å²) in [5.74, 6) is 0. The number of carbonyl (C=O) groups excluding carboxylic acids is 2. The second-order valence-electron chi connectivity index (χ2n) is 10.2. The molecule has 34 heavy (non-hydrogen) atoms. The summed E-state index contributed by atoms with van der Waals surface area (Å²) in [5, 5.41) is 0. The molecule has 8 heteroatoms. The highest BCUT2D eigenvalue weighted by Crippen LogP contribution is 2.32. The molecule has 1 aromatic carbocycles. The summed E-state index contributed by atoms with van der Waals surface area (Å²) >= 11 is 0. The molecule has 0 bridgehead atoms. The van der Waals surface area contributed by atoms with Crippen LogP contribution in [0.5, 0.6) is 0 Å². The van der Waals surface area contributed by atoms with Gasteiger partial charge in [0, 0.05) is 0 Å². The van der Waals surface area contributed by atoms with Crippen molar-refractivity contribution in [2.45, 2.75) is 115 Å². The molecule has 0 unspecified atom stereocenters. The van der Waals surface area contributed by atoms with Crippen LogP contribution in [-0.2, 0) is 40.2 Å². The van der Waals surface area contributed by atoms with Gasteiger partial charge in [0.2, 0.25) is 0 Å². The average Bonchev–Trinajstić information content (AvgIpc) is 2.83. The molecular formula is C26H38O8. The van der Waals surface area contributed by atoms with Gasteiger partial charge < -0.3 is 9.47 Å². The Kier molecular flexibility index (Phi) is 9.19. The van der Waals surface area contributed by atoms with Gasteiger partial charge in [-0.1, -0.05) is 31.0 Å². The Morgan fingerprint density at radius 3 is 1.44 bits per heavy atom. The Morgan fingerprint density at radius 2 is 1.06 bits per heavy atom. The minimum Gasteiger partial charge on any atom is -0.429 e. The number of hydrogen-bond donors (Lipinski definition) is 0. The average molecular weight is 479 g/mol. The molecule has 0 aromatic heterocycles. The van der Waals surface area contributed by atoms with E-state index in [0.717, 1.165) is 62.5 Å². The molecule has 0 radical (unpaired) electrons. The minimum atomic E-state index is -0.946. The summed E-state index contributed by atoms with van der Waals surface area (Å²) in [5.41, 5.74) is -0.398. The van der Waals surface area contributed by atoms with Crippen molar-refractivity contribution in [2.75, 3.05) is 0 Å². The zero-order valence-electron chi connectivity index (χ0n) is 20.8. The number of benzene rings is 1. The molecule has 0 atom stereocenters. The first-order chi connectivity index (χ1) is 16.2. The Bertz CT molecular complexity index is 744. The maximum absolute atomic E-state index is 12.1. The van der Waals surface area contributed by atoms with Gasteiger partial charge in [-0.15, -0.1) is 0 Å². The highest BCUT2D eigenvalue weighted by atomic mass is 17.2. The van der Waals surface area contributed by atoms with Crippen molar-refractivity contribution in [2.24, 2.45) is 0 Å². The van der Waals surface area contributed by atoms with Crippen LogP contribution in [0.2, 0.25) is 0 Å². The van der Waals surface area contributed by atoms with Crippen molar-refractivity contribution < 1.29 is 38.6 Å². The fraction of sp³-hybridized carbons (Fsp3) is 0.692. The third-order valence-corrected chi connectivity index (χ3v) is 6.52. The van der Waals surface area contributed by atoms with E-state index >= 15 is 0 Å². The van der Waals surface area contributed by atoms with Crippen LogP contribution in [0.25, 0.3) is 0 Å². The van der Waals surface area contributed by atoms with Gasteiger partial charge in [0.15, 0.2) is 0 Å². The first kappa shape index (κ1) is 26.3. The predicted octanol–water partition coefficient (Wildman–Crippen LogP) is 6.99. The van der Waals surface area contributed by atoms with E-state index in [2.05, 4.69) is 0 Å². The Balaban J connectivity index is 1.52. The molecule has 2 aliphatic carbocycles. The van der Waals surface area contributed by atoms with Crippen molar-refractivity contribution in [3.8, 4) is 0 Å². The van der Waals surface area contributed by atoms with Gasteiger partial charge in [-0.2, -0.15) is 9.78 Å². The fourth-order valence-electron chi connectivity index (χ4n) is 4.32. The van der Waals surface area contributed by atoms with E-state index in [1.54, 1.807) is 27.7 Å². The Hall–Kier alpha value is -2.32. The molecule has 2 aliphatic rings. The second kappa shape index (κ2) is 11.9. The fourth-order valence-corrected chi connectivity index (χ4v) is 4.32. The van der Waals surface area contributed by atoms with E-state index in [0.29, 0.717) is 0 Å². The van der Waals surface area contributed by atoms with Gasteiger partial charge >= 0.3 is 12.3 Å². The number of carbonyl (C=O) groups is 2. The SMILES string of the molecule is CC(C)(OOC(=O)OC1CCCCC1)c1cccc(C(C)(C)OOC(=O)OC2CCCCC2)c1. The van der Waals surface area contributed by atoms with E-state index < -0.39 is 23.5 Å². The summed E-state index contributed by atoms with van der Waals surface area (Å²) in [6, 6.07) is 7.40. The van der Waals surface area contributed by atoms with Crippen LogP contribution >= 0.6 is 0 Å². The van der Waals surface area contributed by atoms with E-state index in [-0.39, 0.29) is 12.2 Å². The summed E-state index contributed by atoms with van der Waals surface area (Å²) in [6.45, 7) is 7.13. The molecule has 190 valence electrons. The maximum Gasteiger partial charge on any atom is 0.540 e. The van der Waals surface area contributed by atoms with Crippen molar-refractivity contribution in [1.82, 2.24) is 0 Å². The van der Waals surface area contributed by atoms with E-state index in [1.807, 2.05) is 24.3 Å². The van der Waals surface area contributed by atoms with Crippen molar-refractivity contribution in [3.63, 3.8) is 0 Å². The molecule has 3 rings (SSSR count). The standard InChI is InChI=1S/C26H38O8/c1-25(2,33-31-23(27)29-21-14-7-5-8-15-21)19-12-11-13-20(18-19)26(3,4)34-32-24(28)30-22-16-9-6-10-17-22/h11-13,18,21-22H,5-10,14-17H2,1-4H3. The van der Waals surface area contributed by atoms with Crippen LogP contribution < -0.4 is 0 Å². The molecule has 0 saturated heterocycles. The zero-order chi connectivity index (χ0) is 24.6. The number of ether oxygens (including phenoxy) is 2. The van der Waals surface area contributed by atoms with Crippen molar-refractivity contribution >= 4 is 12.3 Å². The Labute approximate surface area is 202 Å². The molecule has 0 aliphatic heterocycles. The molecule has 2 fully saturated rings. The molecule has 0 amide bonds. The lowest BCUT2D eigenvalue weighted by atomic mass is 9.91. The van der Waals surface area contributed by atoms with Gasteiger partial charge in [0.25, 0.3) is 0 Å². The second-order valence-corrected chi connectivity index (χ2v) is 10.2. The highest BCUT2D eigenvalue weighted by molar-refractivity contribution is 5.59. The maximum atomic E-state index is 12.1. The summed E-state index contributed by atoms with van der Waals surface area (Å²) < 4.78 is 10.7. The van der Waals surface area contributed by atoms with Crippen LogP contribution in [-0.4, -0.2) is 24.5 Å². The third-order valence-electron chi connectivity index (χ3n) is 6.52. The monoisotopic (exact) mass is 478 g/mol. The largest absolute Gasteiger partial charge is 0.540 e. The zero-order valence-corrected chi connectivity index (χ0v) is 20.8. The lowest BCUT2D eigenvalue weighted by Gasteiger charge is -2.28. The summed E-state index contributed by atoms with van der Waals surface area (Å²) in [6.07, 6.45) is 8.08. The normalized spacial score (nSPS) is 18.2. The molecule has 0 spiro atoms. The lowest BCUT2D eigenvalue weighted by molar-refractivity contribution is -0.326. The van der Waals surface area contributed by atoms with E-state index in [9.17, 15) is 9.59 Å². The number of hydrogen-bond acceptors (Lipinski definition) is 8. The highest BCUT2D eigenvalue weighted by Gasteiger charge is 2.31. The van der Waals surface area contributed by atoms with Crippen LogP contribution in [0.1, 0.15) is 103 Å². The summed E-state index contributed by atoms with van der Waals surface area (Å²) in [4.78, 5) is 44.9. The van der Waals surface area contributed by atoms with Gasteiger partial charge in [0.1, 0.15) is 23.4 Å². The smallest absolute Gasteiger partial charge is 0.429 e. The molecule has 0 N–H and O–H groups in total. The van der Waals surface area contributed by atoms with E-state index in [4.69, 9.17) is 29.0 Å². The van der Waals surface area contributed by atoms with Gasteiger partial charge in [-0.05, 0) is 96.3 Å². The van der Waals surface area contributed by atoms with Gasteiger partial charge in [-0.3, -0.25) is 9.78 Å². The topological polar surface area (TPSA) is 89.5 Å². The summed E-state index contributed by atoms with van der Waals surface area (Å²) in [7, 11) is 0. The third kappa shape index (κ3) is 7.87. The Morgan fingerprint density at radius 1 is 0.676 bits per heavy atom. The van der Waals surface area contributed by atoms with Gasteiger partial charge in [0.05, 0.1) is 0 Å². The van der Waals surface area contributed by atoms with E-state index in [1.165, 1.54) is 12.8 Å². The number of rotatable bonds is 8. The lowest BCUT2D eigenvalue weighted by Crippen LogP contribution is -2.29. The molecule has 1 aromatic rings. The molecule has 0 heterocycles. The predicted molar refractivity (Wildman–Crippen MR) is 124 cm³/mol.